The lowest BCUT2D eigenvalue weighted by Crippen LogP contribution is -2.46. The van der Waals surface area contributed by atoms with Crippen molar-refractivity contribution >= 4 is 0 Å². The van der Waals surface area contributed by atoms with Crippen LogP contribution in [0.3, 0.4) is 0 Å². The predicted molar refractivity (Wildman–Crippen MR) is 109 cm³/mol. The van der Waals surface area contributed by atoms with Gasteiger partial charge in [-0.3, -0.25) is 4.98 Å². The monoisotopic (exact) mass is 382 g/mol. The first-order valence-corrected chi connectivity index (χ1v) is 10.5. The van der Waals surface area contributed by atoms with Gasteiger partial charge in [0.1, 0.15) is 18.1 Å². The third-order valence-electron chi connectivity index (χ3n) is 5.54. The minimum Gasteiger partial charge on any atom is -0.494 e. The lowest BCUT2D eigenvalue weighted by atomic mass is 10.1. The number of nitrogens with one attached hydrogen (secondary N) is 1. The molecule has 0 amide bonds. The van der Waals surface area contributed by atoms with Gasteiger partial charge in [-0.1, -0.05) is 18.2 Å². The van der Waals surface area contributed by atoms with Gasteiger partial charge in [-0.15, -0.1) is 0 Å². The molecule has 1 aromatic heterocycles. The van der Waals surface area contributed by atoms with E-state index in [1.807, 2.05) is 42.7 Å². The highest BCUT2D eigenvalue weighted by Gasteiger charge is 2.38. The second kappa shape index (κ2) is 9.89. The number of rotatable bonds is 12. The normalized spacial score (nSPS) is 23.1. The van der Waals surface area contributed by atoms with Gasteiger partial charge in [-0.05, 0) is 61.4 Å². The third kappa shape index (κ3) is 5.69. The van der Waals surface area contributed by atoms with Crippen molar-refractivity contribution in [2.75, 3.05) is 33.0 Å². The number of pyridine rings is 1. The van der Waals surface area contributed by atoms with E-state index in [1.165, 1.54) is 18.4 Å². The summed E-state index contributed by atoms with van der Waals surface area (Å²) in [6, 6.07) is 12.6. The van der Waals surface area contributed by atoms with Gasteiger partial charge in [0.15, 0.2) is 0 Å². The number of ether oxygens (including phenoxy) is 3. The molecular formula is C23H30N2O3. The van der Waals surface area contributed by atoms with Crippen LogP contribution >= 0.6 is 0 Å². The molecule has 1 saturated carbocycles. The smallest absolute Gasteiger partial charge is 0.137 e. The Morgan fingerprint density at radius 1 is 1.00 bits per heavy atom. The number of benzene rings is 1. The molecule has 0 radical (unpaired) electrons. The number of para-hydroxylation sites is 1. The molecule has 5 heteroatoms. The van der Waals surface area contributed by atoms with Gasteiger partial charge in [0, 0.05) is 31.9 Å². The Balaban J connectivity index is 1.07. The van der Waals surface area contributed by atoms with Crippen molar-refractivity contribution in [3.05, 3.63) is 54.4 Å². The maximum atomic E-state index is 5.87. The molecule has 0 bridgehead atoms. The third-order valence-corrected chi connectivity index (χ3v) is 5.54. The summed E-state index contributed by atoms with van der Waals surface area (Å²) >= 11 is 0. The van der Waals surface area contributed by atoms with E-state index in [0.29, 0.717) is 24.5 Å². The molecule has 1 aliphatic heterocycles. The molecule has 2 aliphatic rings. The fraction of sp³-hybridized carbons (Fsp3) is 0.522. The van der Waals surface area contributed by atoms with E-state index in [0.717, 1.165) is 50.7 Å². The SMILES string of the molecule is c1ccc(OCCCOCC[C@H]2C[C@@H]2c2cncc(OC[C@@H]3CCN3)c2)cc1. The summed E-state index contributed by atoms with van der Waals surface area (Å²) in [6.45, 7) is 4.12. The first-order chi connectivity index (χ1) is 13.9. The number of nitrogens with zero attached hydrogens (tertiary/aromatic N) is 1. The standard InChI is InChI=1S/C23H30N2O3/c1-2-5-21(6-3-1)27-11-4-10-26-12-8-18-14-23(18)19-13-22(16-24-15-19)28-17-20-7-9-25-20/h1-3,5-6,13,15-16,18,20,23,25H,4,7-12,14,17H2/t18-,20-,23-/m0/s1. The molecule has 0 spiro atoms. The molecule has 150 valence electrons. The zero-order chi connectivity index (χ0) is 19.0. The van der Waals surface area contributed by atoms with Crippen LogP contribution in [-0.2, 0) is 4.74 Å². The average Bonchev–Trinajstić information content (AvgIpc) is 3.47. The first kappa shape index (κ1) is 19.2. The molecule has 1 aromatic carbocycles. The maximum absolute atomic E-state index is 5.87. The molecule has 3 atom stereocenters. The fourth-order valence-electron chi connectivity index (χ4n) is 3.58. The Morgan fingerprint density at radius 3 is 2.71 bits per heavy atom. The second-order valence-electron chi connectivity index (χ2n) is 7.72. The second-order valence-corrected chi connectivity index (χ2v) is 7.72. The van der Waals surface area contributed by atoms with Crippen LogP contribution in [0.15, 0.2) is 48.8 Å². The van der Waals surface area contributed by atoms with Gasteiger partial charge < -0.3 is 19.5 Å². The predicted octanol–water partition coefficient (Wildman–Crippen LogP) is 3.80. The van der Waals surface area contributed by atoms with Crippen LogP contribution in [0.25, 0.3) is 0 Å². The molecule has 2 aromatic rings. The Bertz CT molecular complexity index is 721. The largest absolute Gasteiger partial charge is 0.494 e. The van der Waals surface area contributed by atoms with E-state index in [9.17, 15) is 0 Å². The molecule has 4 rings (SSSR count). The van der Waals surface area contributed by atoms with Gasteiger partial charge in [0.25, 0.3) is 0 Å². The molecule has 2 heterocycles. The van der Waals surface area contributed by atoms with Crippen LogP contribution in [0.2, 0.25) is 0 Å². The van der Waals surface area contributed by atoms with E-state index in [2.05, 4.69) is 16.4 Å². The van der Waals surface area contributed by atoms with Gasteiger partial charge in [-0.25, -0.2) is 0 Å². The summed E-state index contributed by atoms with van der Waals surface area (Å²) in [5, 5.41) is 3.35. The molecule has 0 unspecified atom stereocenters. The molecule has 1 saturated heterocycles. The highest BCUT2D eigenvalue weighted by Crippen LogP contribution is 2.49. The summed E-state index contributed by atoms with van der Waals surface area (Å²) in [7, 11) is 0. The topological polar surface area (TPSA) is 52.6 Å². The number of aromatic nitrogens is 1. The maximum Gasteiger partial charge on any atom is 0.137 e. The van der Waals surface area contributed by atoms with Gasteiger partial charge in [0.05, 0.1) is 12.8 Å². The Morgan fingerprint density at radius 2 is 1.89 bits per heavy atom. The Hall–Kier alpha value is -2.11. The van der Waals surface area contributed by atoms with Crippen molar-refractivity contribution in [1.29, 1.82) is 0 Å². The lowest BCUT2D eigenvalue weighted by molar-refractivity contribution is 0.114. The fourth-order valence-corrected chi connectivity index (χ4v) is 3.58. The van der Waals surface area contributed by atoms with E-state index >= 15 is 0 Å². The minimum absolute atomic E-state index is 0.507. The van der Waals surface area contributed by atoms with Crippen LogP contribution in [0.4, 0.5) is 0 Å². The van der Waals surface area contributed by atoms with Crippen molar-refractivity contribution in [2.24, 2.45) is 5.92 Å². The Labute approximate surface area is 167 Å². The van der Waals surface area contributed by atoms with Crippen molar-refractivity contribution in [1.82, 2.24) is 10.3 Å². The van der Waals surface area contributed by atoms with Crippen molar-refractivity contribution in [3.8, 4) is 11.5 Å². The van der Waals surface area contributed by atoms with E-state index in [4.69, 9.17) is 14.2 Å². The van der Waals surface area contributed by atoms with Crippen LogP contribution < -0.4 is 14.8 Å². The molecule has 1 aliphatic carbocycles. The van der Waals surface area contributed by atoms with Gasteiger partial charge >= 0.3 is 0 Å². The molecule has 2 fully saturated rings. The highest BCUT2D eigenvalue weighted by atomic mass is 16.5. The molecule has 5 nitrogen and oxygen atoms in total. The highest BCUT2D eigenvalue weighted by molar-refractivity contribution is 5.30. The summed E-state index contributed by atoms with van der Waals surface area (Å²) in [5.41, 5.74) is 1.31. The van der Waals surface area contributed by atoms with Crippen molar-refractivity contribution in [3.63, 3.8) is 0 Å². The van der Waals surface area contributed by atoms with E-state index in [-0.39, 0.29) is 0 Å². The zero-order valence-electron chi connectivity index (χ0n) is 16.4. The van der Waals surface area contributed by atoms with Crippen LogP contribution in [0.5, 0.6) is 11.5 Å². The van der Waals surface area contributed by atoms with Crippen molar-refractivity contribution in [2.45, 2.75) is 37.6 Å². The number of hydrogen-bond acceptors (Lipinski definition) is 5. The van der Waals surface area contributed by atoms with E-state index < -0.39 is 0 Å². The average molecular weight is 383 g/mol. The zero-order valence-corrected chi connectivity index (χ0v) is 16.4. The van der Waals surface area contributed by atoms with Gasteiger partial charge in [0.2, 0.25) is 0 Å². The molecular weight excluding hydrogens is 352 g/mol. The quantitative estimate of drug-likeness (QED) is 0.566. The lowest BCUT2D eigenvalue weighted by Gasteiger charge is -2.27. The van der Waals surface area contributed by atoms with Crippen LogP contribution in [0, 0.1) is 5.92 Å². The summed E-state index contributed by atoms with van der Waals surface area (Å²) < 4.78 is 17.3. The summed E-state index contributed by atoms with van der Waals surface area (Å²) in [4.78, 5) is 4.37. The number of hydrogen-bond donors (Lipinski definition) is 1. The Kier molecular flexibility index (Phi) is 6.79. The van der Waals surface area contributed by atoms with E-state index in [1.54, 1.807) is 0 Å². The summed E-state index contributed by atoms with van der Waals surface area (Å²) in [5.74, 6) is 3.15. The van der Waals surface area contributed by atoms with Crippen molar-refractivity contribution < 1.29 is 14.2 Å². The minimum atomic E-state index is 0.507. The van der Waals surface area contributed by atoms with Crippen LogP contribution in [0.1, 0.15) is 37.2 Å². The molecule has 28 heavy (non-hydrogen) atoms. The van der Waals surface area contributed by atoms with Gasteiger partial charge in [-0.2, -0.15) is 0 Å². The van der Waals surface area contributed by atoms with Crippen LogP contribution in [-0.4, -0.2) is 44.0 Å². The molecule has 1 N–H and O–H groups in total. The summed E-state index contributed by atoms with van der Waals surface area (Å²) in [6.07, 6.45) is 8.27. The first-order valence-electron chi connectivity index (χ1n) is 10.5.